The molecule has 0 saturated heterocycles. The zero-order chi connectivity index (χ0) is 13.5. The Labute approximate surface area is 112 Å². The summed E-state index contributed by atoms with van der Waals surface area (Å²) in [7, 11) is 0. The zero-order valence-corrected chi connectivity index (χ0v) is 10.5. The van der Waals surface area contributed by atoms with Gasteiger partial charge in [0.1, 0.15) is 5.75 Å². The highest BCUT2D eigenvalue weighted by atomic mass is 16.5. The van der Waals surface area contributed by atoms with E-state index < -0.39 is 0 Å². The third kappa shape index (κ3) is 3.85. The van der Waals surface area contributed by atoms with E-state index in [1.807, 2.05) is 49.5 Å². The summed E-state index contributed by atoms with van der Waals surface area (Å²) in [6, 6.07) is 3.44. The Bertz CT molecular complexity index is 666. The van der Waals surface area contributed by atoms with Crippen LogP contribution >= 0.6 is 0 Å². The average molecular weight is 248 g/mol. The van der Waals surface area contributed by atoms with Gasteiger partial charge in [0.15, 0.2) is 0 Å². The molecule has 0 bridgehead atoms. The normalized spacial score (nSPS) is 13.2. The molecule has 1 heterocycles. The van der Waals surface area contributed by atoms with Gasteiger partial charge in [0.05, 0.1) is 5.69 Å². The highest BCUT2D eigenvalue weighted by Crippen LogP contribution is 2.15. The molecule has 1 aliphatic carbocycles. The number of nitriles is 1. The van der Waals surface area contributed by atoms with E-state index in [9.17, 15) is 0 Å². The number of nitrogens with zero attached hydrogens (tertiary/aromatic N) is 2. The number of allylic oxidation sites excluding steroid dienone is 6. The molecule has 3 heteroatoms. The molecule has 1 aromatic rings. The third-order valence-corrected chi connectivity index (χ3v) is 2.41. The number of rotatable bonds is 3. The first-order chi connectivity index (χ1) is 9.28. The van der Waals surface area contributed by atoms with Crippen molar-refractivity contribution < 1.29 is 4.74 Å². The van der Waals surface area contributed by atoms with Crippen LogP contribution in [-0.2, 0) is 0 Å². The average Bonchev–Trinajstić information content (AvgIpc) is 2.64. The van der Waals surface area contributed by atoms with E-state index in [2.05, 4.69) is 10.7 Å². The van der Waals surface area contributed by atoms with Crippen LogP contribution in [-0.4, -0.2) is 4.98 Å². The van der Waals surface area contributed by atoms with E-state index in [1.54, 1.807) is 18.4 Å². The lowest BCUT2D eigenvalue weighted by atomic mass is 10.2. The summed E-state index contributed by atoms with van der Waals surface area (Å²) in [4.78, 5) is 4.36. The van der Waals surface area contributed by atoms with E-state index >= 15 is 0 Å². The summed E-state index contributed by atoms with van der Waals surface area (Å²) in [5, 5.41) is 8.52. The van der Waals surface area contributed by atoms with Crippen molar-refractivity contribution in [3.05, 3.63) is 71.3 Å². The van der Waals surface area contributed by atoms with Crippen LogP contribution in [0.1, 0.15) is 11.4 Å². The first-order valence-electron chi connectivity index (χ1n) is 5.80. The lowest BCUT2D eigenvalue weighted by molar-refractivity contribution is 0.505. The molecular formula is C16H12N2O. The minimum atomic E-state index is 0.501. The van der Waals surface area contributed by atoms with Crippen molar-refractivity contribution in [1.82, 2.24) is 4.98 Å². The van der Waals surface area contributed by atoms with Crippen molar-refractivity contribution in [2.24, 2.45) is 0 Å². The molecule has 19 heavy (non-hydrogen) atoms. The molecule has 1 aromatic heterocycles. The van der Waals surface area contributed by atoms with Gasteiger partial charge in [-0.25, -0.2) is 0 Å². The van der Waals surface area contributed by atoms with E-state index in [-0.39, 0.29) is 0 Å². The number of hydrogen-bond acceptors (Lipinski definition) is 3. The van der Waals surface area contributed by atoms with Crippen molar-refractivity contribution in [2.75, 3.05) is 0 Å². The molecule has 0 aliphatic heterocycles. The number of hydrogen-bond donors (Lipinski definition) is 0. The summed E-state index contributed by atoms with van der Waals surface area (Å²) < 4.78 is 4.82. The van der Waals surface area contributed by atoms with Gasteiger partial charge in [-0.05, 0) is 36.8 Å². The second-order valence-electron chi connectivity index (χ2n) is 3.92. The molecule has 0 amide bonds. The first kappa shape index (κ1) is 12.6. The summed E-state index contributed by atoms with van der Waals surface area (Å²) in [6.07, 6.45) is 15.1. The van der Waals surface area contributed by atoms with Gasteiger partial charge in [0.25, 0.3) is 6.26 Å². The Morgan fingerprint density at radius 2 is 2.21 bits per heavy atom. The molecule has 0 unspecified atom stereocenters. The monoisotopic (exact) mass is 248 g/mol. The van der Waals surface area contributed by atoms with Crippen molar-refractivity contribution >= 4 is 6.08 Å². The number of pyridine rings is 1. The summed E-state index contributed by atoms with van der Waals surface area (Å²) in [5.74, 6) is 0.501. The molecule has 0 fully saturated rings. The Balaban J connectivity index is 2.21. The predicted molar refractivity (Wildman–Crippen MR) is 74.1 cm³/mol. The topological polar surface area (TPSA) is 45.9 Å². The molecule has 0 saturated carbocycles. The fourth-order valence-electron chi connectivity index (χ4n) is 1.62. The molecule has 92 valence electrons. The van der Waals surface area contributed by atoms with Crippen molar-refractivity contribution in [3.8, 4) is 12.0 Å². The van der Waals surface area contributed by atoms with Gasteiger partial charge in [-0.1, -0.05) is 18.2 Å². The predicted octanol–water partition coefficient (Wildman–Crippen LogP) is 3.47. The highest BCUT2D eigenvalue weighted by molar-refractivity contribution is 5.54. The van der Waals surface area contributed by atoms with E-state index in [0.717, 1.165) is 17.0 Å². The smallest absolute Gasteiger partial charge is 0.292 e. The van der Waals surface area contributed by atoms with Crippen LogP contribution in [0.2, 0.25) is 0 Å². The lowest BCUT2D eigenvalue weighted by Gasteiger charge is -2.00. The van der Waals surface area contributed by atoms with E-state index in [4.69, 9.17) is 10.00 Å². The van der Waals surface area contributed by atoms with Crippen LogP contribution in [0.15, 0.2) is 59.9 Å². The maximum atomic E-state index is 8.52. The summed E-state index contributed by atoms with van der Waals surface area (Å²) in [6.45, 7) is 1.86. The SMILES string of the molecule is Cc1cc(OC#N)cc(/C=C/C2=CC=C=CC=C2)n1. The fourth-order valence-corrected chi connectivity index (χ4v) is 1.62. The van der Waals surface area contributed by atoms with Crippen molar-refractivity contribution in [2.45, 2.75) is 6.92 Å². The maximum absolute atomic E-state index is 8.52. The van der Waals surface area contributed by atoms with Gasteiger partial charge in [-0.2, -0.15) is 0 Å². The summed E-state index contributed by atoms with van der Waals surface area (Å²) >= 11 is 0. The van der Waals surface area contributed by atoms with Crippen molar-refractivity contribution in [1.29, 1.82) is 5.26 Å². The van der Waals surface area contributed by atoms with Crippen LogP contribution in [0.5, 0.6) is 5.75 Å². The lowest BCUT2D eigenvalue weighted by Crippen LogP contribution is -1.89. The van der Waals surface area contributed by atoms with Crippen LogP contribution in [0.3, 0.4) is 0 Å². The quantitative estimate of drug-likeness (QED) is 0.607. The van der Waals surface area contributed by atoms with Crippen LogP contribution in [0.4, 0.5) is 0 Å². The molecule has 0 N–H and O–H groups in total. The van der Waals surface area contributed by atoms with Crippen LogP contribution < -0.4 is 4.74 Å². The molecule has 0 aromatic carbocycles. The van der Waals surface area contributed by atoms with E-state index in [1.165, 1.54) is 0 Å². The largest absolute Gasteiger partial charge is 0.388 e. The zero-order valence-electron chi connectivity index (χ0n) is 10.5. The maximum Gasteiger partial charge on any atom is 0.292 e. The van der Waals surface area contributed by atoms with Gasteiger partial charge in [0.2, 0.25) is 0 Å². The van der Waals surface area contributed by atoms with Gasteiger partial charge in [-0.15, -0.1) is 11.0 Å². The van der Waals surface area contributed by atoms with Gasteiger partial charge < -0.3 is 4.74 Å². The minimum absolute atomic E-state index is 0.501. The Hall–Kier alpha value is -2.82. The minimum Gasteiger partial charge on any atom is -0.388 e. The van der Waals surface area contributed by atoms with Gasteiger partial charge >= 0.3 is 0 Å². The highest BCUT2D eigenvalue weighted by Gasteiger charge is 1.99. The van der Waals surface area contributed by atoms with Crippen LogP contribution in [0.25, 0.3) is 6.08 Å². The standard InChI is InChI=1S/C16H12N2O/c1-13-10-16(19-12-17)11-15(18-13)9-8-14-6-4-2-3-5-7-14/h2,4-11H,1H3/b9-8+. The molecule has 2 rings (SSSR count). The van der Waals surface area contributed by atoms with E-state index in [0.29, 0.717) is 5.75 Å². The molecule has 0 radical (unpaired) electrons. The number of aromatic nitrogens is 1. The Morgan fingerprint density at radius 3 is 3.05 bits per heavy atom. The fraction of sp³-hybridized carbons (Fsp3) is 0.0625. The number of ether oxygens (including phenoxy) is 1. The third-order valence-electron chi connectivity index (χ3n) is 2.41. The second-order valence-corrected chi connectivity index (χ2v) is 3.92. The molecule has 0 atom stereocenters. The molecule has 3 nitrogen and oxygen atoms in total. The first-order valence-corrected chi connectivity index (χ1v) is 5.80. The second kappa shape index (κ2) is 6.20. The Kier molecular flexibility index (Phi) is 4.12. The number of aryl methyl sites for hydroxylation is 1. The van der Waals surface area contributed by atoms with Gasteiger partial charge in [0, 0.05) is 17.8 Å². The molecule has 1 aliphatic rings. The van der Waals surface area contributed by atoms with Gasteiger partial charge in [-0.3, -0.25) is 4.98 Å². The molecular weight excluding hydrogens is 236 g/mol. The van der Waals surface area contributed by atoms with Crippen LogP contribution in [0, 0.1) is 18.4 Å². The summed E-state index contributed by atoms with van der Waals surface area (Å²) in [5.41, 5.74) is 5.60. The van der Waals surface area contributed by atoms with Crippen molar-refractivity contribution in [3.63, 3.8) is 0 Å². The molecule has 0 spiro atoms. The Morgan fingerprint density at radius 1 is 1.32 bits per heavy atom.